The summed E-state index contributed by atoms with van der Waals surface area (Å²) in [6, 6.07) is 57.2. The molecule has 0 unspecified atom stereocenters. The Morgan fingerprint density at radius 3 is 1.64 bits per heavy atom. The van der Waals surface area contributed by atoms with Gasteiger partial charge in [0.15, 0.2) is 0 Å². The molecule has 0 saturated carbocycles. The molecule has 0 aliphatic heterocycles. The second-order valence-electron chi connectivity index (χ2n) is 12.0. The van der Waals surface area contributed by atoms with Crippen LogP contribution in [0.2, 0.25) is 0 Å². The molecule has 0 spiro atoms. The van der Waals surface area contributed by atoms with Gasteiger partial charge in [-0.25, -0.2) is 0 Å². The number of benzene rings is 9. The molecule has 208 valence electrons. The van der Waals surface area contributed by atoms with E-state index >= 15 is 0 Å². The first-order valence-corrected chi connectivity index (χ1v) is 15.5. The molecule has 10 aromatic rings. The Labute approximate surface area is 259 Å². The average molecular weight is 571 g/mol. The molecule has 1 nitrogen and oxygen atoms in total. The van der Waals surface area contributed by atoms with Gasteiger partial charge in [-0.2, -0.15) is 0 Å². The number of hydrogen-bond acceptors (Lipinski definition) is 1. The van der Waals surface area contributed by atoms with Crippen LogP contribution in [-0.4, -0.2) is 0 Å². The molecule has 45 heavy (non-hydrogen) atoms. The number of furan rings is 1. The Morgan fingerprint density at radius 1 is 0.289 bits per heavy atom. The minimum Gasteiger partial charge on any atom is -0.455 e. The van der Waals surface area contributed by atoms with Crippen LogP contribution < -0.4 is 0 Å². The predicted molar refractivity (Wildman–Crippen MR) is 191 cm³/mol. The summed E-state index contributed by atoms with van der Waals surface area (Å²) >= 11 is 0. The highest BCUT2D eigenvalue weighted by Gasteiger charge is 2.19. The van der Waals surface area contributed by atoms with E-state index in [-0.39, 0.29) is 0 Å². The number of hydrogen-bond donors (Lipinski definition) is 0. The molecule has 9 aromatic carbocycles. The Kier molecular flexibility index (Phi) is 5.06. The second kappa shape index (κ2) is 9.29. The SMILES string of the molecule is c1ccc(-c2cccc3c2oc2cccc(-c4ccc5ccc6ccc(-c7cccc8ccccc78)c7ccc4c5c67)c23)cc1. The molecule has 0 N–H and O–H groups in total. The van der Waals surface area contributed by atoms with Gasteiger partial charge < -0.3 is 4.42 Å². The van der Waals surface area contributed by atoms with Gasteiger partial charge in [0, 0.05) is 16.3 Å². The van der Waals surface area contributed by atoms with Crippen molar-refractivity contribution in [2.75, 3.05) is 0 Å². The molecule has 0 bridgehead atoms. The van der Waals surface area contributed by atoms with Crippen LogP contribution in [0.25, 0.3) is 98.4 Å². The maximum Gasteiger partial charge on any atom is 0.143 e. The molecule has 0 radical (unpaired) electrons. The van der Waals surface area contributed by atoms with Crippen molar-refractivity contribution in [3.05, 3.63) is 158 Å². The fraction of sp³-hybridized carbons (Fsp3) is 0. The zero-order chi connectivity index (χ0) is 29.5. The van der Waals surface area contributed by atoms with E-state index in [2.05, 4.69) is 158 Å². The molecule has 0 amide bonds. The summed E-state index contributed by atoms with van der Waals surface area (Å²) in [6.45, 7) is 0. The zero-order valence-electron chi connectivity index (χ0n) is 24.4. The second-order valence-corrected chi connectivity index (χ2v) is 12.0. The zero-order valence-corrected chi connectivity index (χ0v) is 24.4. The van der Waals surface area contributed by atoms with Gasteiger partial charge in [-0.15, -0.1) is 0 Å². The Hall–Kier alpha value is -5.92. The van der Waals surface area contributed by atoms with Crippen molar-refractivity contribution in [1.29, 1.82) is 0 Å². The molecule has 1 heterocycles. The predicted octanol–water partition coefficient (Wildman–Crippen LogP) is 12.6. The number of para-hydroxylation sites is 1. The highest BCUT2D eigenvalue weighted by atomic mass is 16.3. The normalized spacial score (nSPS) is 12.0. The fourth-order valence-electron chi connectivity index (χ4n) is 7.65. The van der Waals surface area contributed by atoms with Gasteiger partial charge in [-0.3, -0.25) is 0 Å². The van der Waals surface area contributed by atoms with Crippen molar-refractivity contribution in [2.45, 2.75) is 0 Å². The topological polar surface area (TPSA) is 13.1 Å². The average Bonchev–Trinajstić information content (AvgIpc) is 3.50. The maximum atomic E-state index is 6.63. The highest BCUT2D eigenvalue weighted by molar-refractivity contribution is 6.29. The lowest BCUT2D eigenvalue weighted by Crippen LogP contribution is -1.90. The van der Waals surface area contributed by atoms with Crippen LogP contribution in [-0.2, 0) is 0 Å². The summed E-state index contributed by atoms with van der Waals surface area (Å²) in [5, 5.41) is 12.6. The fourth-order valence-corrected chi connectivity index (χ4v) is 7.65. The third-order valence-electron chi connectivity index (χ3n) is 9.64. The summed E-state index contributed by atoms with van der Waals surface area (Å²) in [4.78, 5) is 0. The van der Waals surface area contributed by atoms with E-state index in [0.717, 1.165) is 33.1 Å². The smallest absolute Gasteiger partial charge is 0.143 e. The van der Waals surface area contributed by atoms with Crippen LogP contribution in [0.5, 0.6) is 0 Å². The molecule has 0 saturated heterocycles. The van der Waals surface area contributed by atoms with E-state index in [1.165, 1.54) is 65.3 Å². The van der Waals surface area contributed by atoms with E-state index in [1.54, 1.807) is 0 Å². The Bertz CT molecular complexity index is 2740. The molecular weight excluding hydrogens is 544 g/mol. The van der Waals surface area contributed by atoms with Crippen molar-refractivity contribution in [2.24, 2.45) is 0 Å². The quantitative estimate of drug-likeness (QED) is 0.193. The minimum atomic E-state index is 0.912. The number of fused-ring (bicyclic) bond motifs is 4. The molecule has 0 aliphatic carbocycles. The monoisotopic (exact) mass is 570 g/mol. The van der Waals surface area contributed by atoms with E-state index in [0.29, 0.717) is 0 Å². The maximum absolute atomic E-state index is 6.63. The van der Waals surface area contributed by atoms with Crippen molar-refractivity contribution >= 4 is 65.0 Å². The van der Waals surface area contributed by atoms with Gasteiger partial charge in [0.1, 0.15) is 11.2 Å². The first-order valence-electron chi connectivity index (χ1n) is 15.5. The standard InChI is InChI=1S/C44H26O/c1-2-9-28(10-3-1)32-14-7-17-39-43-36(16-8-18-40(43)45-44(32)39)35-24-22-30-20-19-29-21-23-34(37-25-26-38(35)42(30)41(29)37)33-15-6-12-27-11-4-5-13-31(27)33/h1-26H. The molecule has 0 fully saturated rings. The van der Waals surface area contributed by atoms with Crippen molar-refractivity contribution < 1.29 is 4.42 Å². The van der Waals surface area contributed by atoms with Gasteiger partial charge in [-0.05, 0) is 77.0 Å². The molecule has 0 aliphatic rings. The summed E-state index contributed by atoms with van der Waals surface area (Å²) in [7, 11) is 0. The first kappa shape index (κ1) is 24.5. The van der Waals surface area contributed by atoms with Gasteiger partial charge in [0.2, 0.25) is 0 Å². The van der Waals surface area contributed by atoms with Gasteiger partial charge in [0.05, 0.1) is 0 Å². The van der Waals surface area contributed by atoms with E-state index in [4.69, 9.17) is 4.42 Å². The Morgan fingerprint density at radius 2 is 0.844 bits per heavy atom. The van der Waals surface area contributed by atoms with E-state index in [1.807, 2.05) is 0 Å². The summed E-state index contributed by atoms with van der Waals surface area (Å²) in [5.74, 6) is 0. The largest absolute Gasteiger partial charge is 0.455 e. The van der Waals surface area contributed by atoms with Crippen LogP contribution in [0.3, 0.4) is 0 Å². The third kappa shape index (κ3) is 3.50. The summed E-state index contributed by atoms with van der Waals surface area (Å²) in [6.07, 6.45) is 0. The number of rotatable bonds is 3. The van der Waals surface area contributed by atoms with Gasteiger partial charge >= 0.3 is 0 Å². The van der Waals surface area contributed by atoms with Gasteiger partial charge in [-0.1, -0.05) is 152 Å². The van der Waals surface area contributed by atoms with E-state index in [9.17, 15) is 0 Å². The molecule has 1 aromatic heterocycles. The van der Waals surface area contributed by atoms with E-state index < -0.39 is 0 Å². The molecule has 10 rings (SSSR count). The van der Waals surface area contributed by atoms with Crippen LogP contribution in [0.1, 0.15) is 0 Å². The van der Waals surface area contributed by atoms with Crippen LogP contribution in [0.4, 0.5) is 0 Å². The highest BCUT2D eigenvalue weighted by Crippen LogP contribution is 2.46. The van der Waals surface area contributed by atoms with Crippen molar-refractivity contribution in [1.82, 2.24) is 0 Å². The van der Waals surface area contributed by atoms with Crippen molar-refractivity contribution in [3.8, 4) is 33.4 Å². The lowest BCUT2D eigenvalue weighted by Gasteiger charge is -2.17. The summed E-state index contributed by atoms with van der Waals surface area (Å²) < 4.78 is 6.63. The molecule has 0 atom stereocenters. The molecular formula is C44H26O. The third-order valence-corrected chi connectivity index (χ3v) is 9.64. The van der Waals surface area contributed by atoms with Crippen molar-refractivity contribution in [3.63, 3.8) is 0 Å². The summed E-state index contributed by atoms with van der Waals surface area (Å²) in [5.41, 5.74) is 9.10. The van der Waals surface area contributed by atoms with Crippen LogP contribution >= 0.6 is 0 Å². The Balaban J connectivity index is 1.27. The minimum absolute atomic E-state index is 0.912. The van der Waals surface area contributed by atoms with Crippen LogP contribution in [0, 0.1) is 0 Å². The van der Waals surface area contributed by atoms with Gasteiger partial charge in [0.25, 0.3) is 0 Å². The lowest BCUT2D eigenvalue weighted by atomic mass is 9.86. The van der Waals surface area contributed by atoms with Crippen LogP contribution in [0.15, 0.2) is 162 Å². The first-order chi connectivity index (χ1) is 22.3. The molecule has 1 heteroatoms. The lowest BCUT2D eigenvalue weighted by molar-refractivity contribution is 0.670.